The predicted molar refractivity (Wildman–Crippen MR) is 75.6 cm³/mol. The van der Waals surface area contributed by atoms with Crippen molar-refractivity contribution in [3.05, 3.63) is 27.7 Å². The van der Waals surface area contributed by atoms with Crippen LogP contribution >= 0.6 is 27.5 Å². The first-order chi connectivity index (χ1) is 7.90. The molecule has 0 aliphatic heterocycles. The fourth-order valence-electron chi connectivity index (χ4n) is 1.12. The van der Waals surface area contributed by atoms with Crippen LogP contribution in [0.15, 0.2) is 22.7 Å². The van der Waals surface area contributed by atoms with E-state index < -0.39 is 0 Å². The number of carbonyl (C=O) groups excluding carboxylic acids is 1. The largest absolute Gasteiger partial charge is 0.335 e. The van der Waals surface area contributed by atoms with Crippen LogP contribution in [-0.4, -0.2) is 12.1 Å². The van der Waals surface area contributed by atoms with E-state index in [9.17, 15) is 4.79 Å². The summed E-state index contributed by atoms with van der Waals surface area (Å²) in [6.07, 6.45) is 0. The summed E-state index contributed by atoms with van der Waals surface area (Å²) in [6, 6.07) is 5.20. The van der Waals surface area contributed by atoms with Gasteiger partial charge >= 0.3 is 6.03 Å². The van der Waals surface area contributed by atoms with Gasteiger partial charge in [-0.05, 0) is 31.0 Å². The third-order valence-corrected chi connectivity index (χ3v) is 3.34. The van der Waals surface area contributed by atoms with Gasteiger partial charge in [0, 0.05) is 10.5 Å². The number of halogens is 2. The molecule has 0 saturated carbocycles. The Morgan fingerprint density at radius 2 is 2.00 bits per heavy atom. The van der Waals surface area contributed by atoms with Crippen LogP contribution in [0.3, 0.4) is 0 Å². The van der Waals surface area contributed by atoms with E-state index >= 15 is 0 Å². The van der Waals surface area contributed by atoms with E-state index in [0.29, 0.717) is 16.6 Å². The van der Waals surface area contributed by atoms with Gasteiger partial charge < -0.3 is 10.6 Å². The van der Waals surface area contributed by atoms with Gasteiger partial charge in [0.1, 0.15) is 0 Å². The molecular formula is C12H16BrClN2O. The van der Waals surface area contributed by atoms with Crippen molar-refractivity contribution in [1.29, 1.82) is 0 Å². The Labute approximate surface area is 115 Å². The summed E-state index contributed by atoms with van der Waals surface area (Å²) in [6.45, 7) is 6.07. The summed E-state index contributed by atoms with van der Waals surface area (Å²) in [4.78, 5) is 11.7. The molecule has 1 aromatic carbocycles. The highest BCUT2D eigenvalue weighted by atomic mass is 79.9. The van der Waals surface area contributed by atoms with Gasteiger partial charge in [0.25, 0.3) is 0 Å². The molecule has 0 aliphatic rings. The van der Waals surface area contributed by atoms with Crippen LogP contribution in [0.2, 0.25) is 5.02 Å². The van der Waals surface area contributed by atoms with Gasteiger partial charge in [-0.1, -0.05) is 41.4 Å². The molecule has 0 saturated heterocycles. The minimum absolute atomic E-state index is 0.115. The van der Waals surface area contributed by atoms with Crippen LogP contribution in [-0.2, 0) is 0 Å². The smallest absolute Gasteiger partial charge is 0.319 e. The van der Waals surface area contributed by atoms with Crippen molar-refractivity contribution in [2.45, 2.75) is 26.8 Å². The molecule has 0 heterocycles. The van der Waals surface area contributed by atoms with E-state index in [0.717, 1.165) is 4.47 Å². The molecule has 2 N–H and O–H groups in total. The molecule has 94 valence electrons. The van der Waals surface area contributed by atoms with Gasteiger partial charge in [-0.2, -0.15) is 0 Å². The lowest BCUT2D eigenvalue weighted by Crippen LogP contribution is -2.39. The minimum atomic E-state index is -0.240. The number of benzene rings is 1. The maximum atomic E-state index is 11.7. The van der Waals surface area contributed by atoms with Crippen LogP contribution in [0.4, 0.5) is 10.5 Å². The molecule has 0 fully saturated rings. The summed E-state index contributed by atoms with van der Waals surface area (Å²) in [5, 5.41) is 6.08. The van der Waals surface area contributed by atoms with Crippen LogP contribution in [0, 0.1) is 5.92 Å². The first-order valence-corrected chi connectivity index (χ1v) is 6.60. The number of hydrogen-bond donors (Lipinski definition) is 2. The normalized spacial score (nSPS) is 12.4. The van der Waals surface area contributed by atoms with Gasteiger partial charge in [0.15, 0.2) is 0 Å². The topological polar surface area (TPSA) is 41.1 Å². The highest BCUT2D eigenvalue weighted by Gasteiger charge is 2.11. The average Bonchev–Trinajstić information content (AvgIpc) is 2.22. The van der Waals surface area contributed by atoms with Gasteiger partial charge in [-0.25, -0.2) is 4.79 Å². The summed E-state index contributed by atoms with van der Waals surface area (Å²) < 4.78 is 0.879. The van der Waals surface area contributed by atoms with Gasteiger partial charge in [-0.15, -0.1) is 0 Å². The predicted octanol–water partition coefficient (Wildman–Crippen LogP) is 4.27. The van der Waals surface area contributed by atoms with Crippen molar-refractivity contribution >= 4 is 39.2 Å². The Kier molecular flexibility index (Phi) is 5.28. The maximum Gasteiger partial charge on any atom is 0.319 e. The van der Waals surface area contributed by atoms with Crippen molar-refractivity contribution in [2.75, 3.05) is 5.32 Å². The molecule has 0 aliphatic carbocycles. The molecule has 0 aromatic heterocycles. The molecule has 0 radical (unpaired) electrons. The monoisotopic (exact) mass is 318 g/mol. The van der Waals surface area contributed by atoms with E-state index in [1.807, 2.05) is 13.0 Å². The average molecular weight is 320 g/mol. The van der Waals surface area contributed by atoms with Crippen LogP contribution in [0.1, 0.15) is 20.8 Å². The minimum Gasteiger partial charge on any atom is -0.335 e. The Hall–Kier alpha value is -0.740. The molecule has 0 bridgehead atoms. The van der Waals surface area contributed by atoms with Crippen LogP contribution < -0.4 is 10.6 Å². The summed E-state index contributed by atoms with van der Waals surface area (Å²) in [5.74, 6) is 0.390. The number of carbonyl (C=O) groups is 1. The second-order valence-electron chi connectivity index (χ2n) is 4.26. The third kappa shape index (κ3) is 4.56. The lowest BCUT2D eigenvalue weighted by Gasteiger charge is -2.18. The molecule has 3 nitrogen and oxygen atoms in total. The first-order valence-electron chi connectivity index (χ1n) is 5.42. The van der Waals surface area contributed by atoms with Crippen molar-refractivity contribution in [1.82, 2.24) is 5.32 Å². The molecular weight excluding hydrogens is 304 g/mol. The number of urea groups is 1. The van der Waals surface area contributed by atoms with Crippen molar-refractivity contribution in [3.8, 4) is 0 Å². The number of hydrogen-bond acceptors (Lipinski definition) is 1. The fraction of sp³-hybridized carbons (Fsp3) is 0.417. The first kappa shape index (κ1) is 14.3. The van der Waals surface area contributed by atoms with Crippen molar-refractivity contribution in [2.24, 2.45) is 5.92 Å². The zero-order valence-electron chi connectivity index (χ0n) is 10.1. The molecule has 0 unspecified atom stereocenters. The van der Waals surface area contributed by atoms with E-state index in [1.54, 1.807) is 12.1 Å². The lowest BCUT2D eigenvalue weighted by atomic mass is 10.1. The summed E-state index contributed by atoms with van der Waals surface area (Å²) in [7, 11) is 0. The zero-order chi connectivity index (χ0) is 13.0. The zero-order valence-corrected chi connectivity index (χ0v) is 12.4. The Morgan fingerprint density at radius 1 is 1.35 bits per heavy atom. The number of anilines is 1. The number of nitrogens with one attached hydrogen (secondary N) is 2. The van der Waals surface area contributed by atoms with Gasteiger partial charge in [-0.3, -0.25) is 0 Å². The quantitative estimate of drug-likeness (QED) is 0.858. The van der Waals surface area contributed by atoms with Crippen LogP contribution in [0.25, 0.3) is 0 Å². The molecule has 1 aromatic rings. The lowest BCUT2D eigenvalue weighted by molar-refractivity contribution is 0.246. The Bertz CT molecular complexity index is 409. The summed E-state index contributed by atoms with van der Waals surface area (Å²) in [5.41, 5.74) is 0.600. The van der Waals surface area contributed by atoms with Crippen LogP contribution in [0.5, 0.6) is 0 Å². The number of rotatable bonds is 3. The SMILES string of the molecule is CC(C)[C@@H](C)NC(=O)Nc1ccc(Br)cc1Cl. The second kappa shape index (κ2) is 6.26. The molecule has 2 amide bonds. The van der Waals surface area contributed by atoms with Gasteiger partial charge in [0.2, 0.25) is 0 Å². The maximum absolute atomic E-state index is 11.7. The van der Waals surface area contributed by atoms with Gasteiger partial charge in [0.05, 0.1) is 10.7 Å². The number of amides is 2. The summed E-state index contributed by atoms with van der Waals surface area (Å²) >= 11 is 9.31. The molecule has 1 rings (SSSR count). The van der Waals surface area contributed by atoms with E-state index in [2.05, 4.69) is 40.4 Å². The highest BCUT2D eigenvalue weighted by Crippen LogP contribution is 2.25. The second-order valence-corrected chi connectivity index (χ2v) is 5.58. The standard InChI is InChI=1S/C12H16BrClN2O/c1-7(2)8(3)15-12(17)16-11-5-4-9(13)6-10(11)14/h4-8H,1-3H3,(H2,15,16,17)/t8-/m1/s1. The Balaban J connectivity index is 2.62. The Morgan fingerprint density at radius 3 is 2.53 bits per heavy atom. The third-order valence-electron chi connectivity index (χ3n) is 2.54. The highest BCUT2D eigenvalue weighted by molar-refractivity contribution is 9.10. The van der Waals surface area contributed by atoms with E-state index in [4.69, 9.17) is 11.6 Å². The van der Waals surface area contributed by atoms with E-state index in [-0.39, 0.29) is 12.1 Å². The molecule has 0 spiro atoms. The van der Waals surface area contributed by atoms with Crippen molar-refractivity contribution < 1.29 is 4.79 Å². The van der Waals surface area contributed by atoms with E-state index in [1.165, 1.54) is 0 Å². The van der Waals surface area contributed by atoms with Crippen molar-refractivity contribution in [3.63, 3.8) is 0 Å². The molecule has 1 atom stereocenters. The molecule has 5 heteroatoms. The molecule has 17 heavy (non-hydrogen) atoms. The fourth-order valence-corrected chi connectivity index (χ4v) is 1.84.